The zero-order valence-corrected chi connectivity index (χ0v) is 11.3. The lowest BCUT2D eigenvalue weighted by atomic mass is 10.0. The fourth-order valence-corrected chi connectivity index (χ4v) is 2.10. The van der Waals surface area contributed by atoms with Crippen molar-refractivity contribution in [2.45, 2.75) is 12.2 Å². The molecule has 2 unspecified atom stereocenters. The Morgan fingerprint density at radius 2 is 1.95 bits per heavy atom. The van der Waals surface area contributed by atoms with E-state index in [0.717, 1.165) is 4.90 Å². The van der Waals surface area contributed by atoms with Crippen molar-refractivity contribution in [1.82, 2.24) is 9.80 Å². The molecule has 0 spiro atoms. The monoisotopic (exact) mass is 314 g/mol. The normalized spacial score (nSPS) is 22.1. The minimum Gasteiger partial charge on any atom is -0.481 e. The van der Waals surface area contributed by atoms with Crippen molar-refractivity contribution in [3.05, 3.63) is 0 Å². The first-order chi connectivity index (χ1) is 9.67. The van der Waals surface area contributed by atoms with Crippen LogP contribution in [0.15, 0.2) is 0 Å². The highest BCUT2D eigenvalue weighted by Crippen LogP contribution is 2.22. The van der Waals surface area contributed by atoms with E-state index in [1.807, 2.05) is 0 Å². The summed E-state index contributed by atoms with van der Waals surface area (Å²) in [6, 6.07) is -1.84. The summed E-state index contributed by atoms with van der Waals surface area (Å²) in [5.41, 5.74) is 0. The first-order valence-electron chi connectivity index (χ1n) is 6.17. The van der Waals surface area contributed by atoms with Gasteiger partial charge in [0.05, 0.1) is 25.9 Å². The van der Waals surface area contributed by atoms with Crippen LogP contribution in [-0.2, 0) is 9.53 Å². The number of alkyl halides is 3. The molecule has 122 valence electrons. The van der Waals surface area contributed by atoms with E-state index in [2.05, 4.69) is 0 Å². The molecular weight excluding hydrogens is 297 g/mol. The van der Waals surface area contributed by atoms with E-state index in [1.54, 1.807) is 0 Å². The molecule has 0 aliphatic carbocycles. The Bertz CT molecular complexity index is 391. The maximum Gasteiger partial charge on any atom is 0.406 e. The zero-order valence-electron chi connectivity index (χ0n) is 11.3. The molecule has 2 N–H and O–H groups in total. The quantitative estimate of drug-likeness (QED) is 0.745. The van der Waals surface area contributed by atoms with Crippen molar-refractivity contribution in [2.75, 3.05) is 40.0 Å². The van der Waals surface area contributed by atoms with Gasteiger partial charge < -0.3 is 24.7 Å². The number of halogens is 3. The number of aliphatic hydroxyl groups is 1. The SMILES string of the molecule is CN(C(=O)N(CCO)CC(F)(F)F)C1COCC1C(=O)O. The van der Waals surface area contributed by atoms with Gasteiger partial charge in [0.1, 0.15) is 12.5 Å². The number of ether oxygens (including phenoxy) is 1. The lowest BCUT2D eigenvalue weighted by Gasteiger charge is -2.32. The molecule has 0 aromatic rings. The summed E-state index contributed by atoms with van der Waals surface area (Å²) in [6.07, 6.45) is -4.61. The molecule has 1 fully saturated rings. The summed E-state index contributed by atoms with van der Waals surface area (Å²) in [5.74, 6) is -2.16. The van der Waals surface area contributed by atoms with Gasteiger partial charge >= 0.3 is 18.2 Å². The molecule has 2 amide bonds. The van der Waals surface area contributed by atoms with Crippen molar-refractivity contribution >= 4 is 12.0 Å². The maximum absolute atomic E-state index is 12.4. The second-order valence-electron chi connectivity index (χ2n) is 4.70. The molecule has 0 aromatic carbocycles. The van der Waals surface area contributed by atoms with Gasteiger partial charge in [-0.25, -0.2) is 4.79 Å². The number of amides is 2. The van der Waals surface area contributed by atoms with E-state index in [1.165, 1.54) is 7.05 Å². The largest absolute Gasteiger partial charge is 0.481 e. The lowest BCUT2D eigenvalue weighted by molar-refractivity contribution is -0.145. The summed E-state index contributed by atoms with van der Waals surface area (Å²) in [5, 5.41) is 17.8. The van der Waals surface area contributed by atoms with Gasteiger partial charge in [-0.05, 0) is 0 Å². The minimum atomic E-state index is -4.61. The van der Waals surface area contributed by atoms with Crippen molar-refractivity contribution in [2.24, 2.45) is 5.92 Å². The Hall–Kier alpha value is -1.55. The average Bonchev–Trinajstić information content (AvgIpc) is 2.84. The number of aliphatic hydroxyl groups excluding tert-OH is 1. The Morgan fingerprint density at radius 1 is 1.33 bits per heavy atom. The number of aliphatic carboxylic acids is 1. The van der Waals surface area contributed by atoms with Crippen LogP contribution in [0.1, 0.15) is 0 Å². The molecule has 0 bridgehead atoms. The number of hydrogen-bond donors (Lipinski definition) is 2. The van der Waals surface area contributed by atoms with Crippen LogP contribution in [0.4, 0.5) is 18.0 Å². The number of carbonyl (C=O) groups excluding carboxylic acids is 1. The minimum absolute atomic E-state index is 0.0574. The van der Waals surface area contributed by atoms with Gasteiger partial charge in [-0.1, -0.05) is 0 Å². The van der Waals surface area contributed by atoms with Crippen LogP contribution in [-0.4, -0.2) is 84.2 Å². The van der Waals surface area contributed by atoms with E-state index < -0.39 is 49.8 Å². The third-order valence-electron chi connectivity index (χ3n) is 3.18. The second-order valence-corrected chi connectivity index (χ2v) is 4.70. The summed E-state index contributed by atoms with van der Waals surface area (Å²) in [4.78, 5) is 24.4. The Balaban J connectivity index is 2.80. The Labute approximate surface area is 118 Å². The van der Waals surface area contributed by atoms with E-state index in [-0.39, 0.29) is 13.2 Å². The molecule has 2 atom stereocenters. The smallest absolute Gasteiger partial charge is 0.406 e. The summed E-state index contributed by atoms with van der Waals surface area (Å²) in [7, 11) is 1.22. The van der Waals surface area contributed by atoms with Crippen LogP contribution < -0.4 is 0 Å². The number of carbonyl (C=O) groups is 2. The number of rotatable bonds is 5. The van der Waals surface area contributed by atoms with Crippen molar-refractivity contribution in [3.63, 3.8) is 0 Å². The summed E-state index contributed by atoms with van der Waals surface area (Å²) in [6.45, 7) is -2.79. The van der Waals surface area contributed by atoms with Gasteiger partial charge in [-0.3, -0.25) is 4.79 Å². The molecule has 1 aliphatic heterocycles. The average molecular weight is 314 g/mol. The number of urea groups is 1. The van der Waals surface area contributed by atoms with Crippen molar-refractivity contribution in [3.8, 4) is 0 Å². The molecular formula is C11H17F3N2O5. The van der Waals surface area contributed by atoms with E-state index in [0.29, 0.717) is 4.90 Å². The van der Waals surface area contributed by atoms with Gasteiger partial charge in [0.25, 0.3) is 0 Å². The molecule has 1 saturated heterocycles. The third kappa shape index (κ3) is 4.74. The highest BCUT2D eigenvalue weighted by atomic mass is 19.4. The zero-order chi connectivity index (χ0) is 16.2. The fraction of sp³-hybridized carbons (Fsp3) is 0.818. The van der Waals surface area contributed by atoms with Gasteiger partial charge in [-0.2, -0.15) is 13.2 Å². The number of nitrogens with zero attached hydrogens (tertiary/aromatic N) is 2. The number of likely N-dealkylation sites (N-methyl/N-ethyl adjacent to an activating group) is 1. The van der Waals surface area contributed by atoms with Gasteiger partial charge in [0.15, 0.2) is 0 Å². The van der Waals surface area contributed by atoms with Crippen LogP contribution in [0, 0.1) is 5.92 Å². The highest BCUT2D eigenvalue weighted by molar-refractivity contribution is 5.77. The third-order valence-corrected chi connectivity index (χ3v) is 3.18. The van der Waals surface area contributed by atoms with Crippen molar-refractivity contribution in [1.29, 1.82) is 0 Å². The molecule has 0 radical (unpaired) electrons. The van der Waals surface area contributed by atoms with Crippen LogP contribution in [0.5, 0.6) is 0 Å². The molecule has 1 heterocycles. The van der Waals surface area contributed by atoms with Crippen LogP contribution in [0.25, 0.3) is 0 Å². The molecule has 21 heavy (non-hydrogen) atoms. The lowest BCUT2D eigenvalue weighted by Crippen LogP contribution is -2.52. The van der Waals surface area contributed by atoms with Crippen LogP contribution in [0.2, 0.25) is 0 Å². The number of carboxylic acids is 1. The van der Waals surface area contributed by atoms with Gasteiger partial charge in [0, 0.05) is 13.6 Å². The van der Waals surface area contributed by atoms with Crippen LogP contribution in [0.3, 0.4) is 0 Å². The first-order valence-corrected chi connectivity index (χ1v) is 6.17. The maximum atomic E-state index is 12.4. The van der Waals surface area contributed by atoms with Crippen LogP contribution >= 0.6 is 0 Å². The topological polar surface area (TPSA) is 90.3 Å². The Kier molecular flexibility index (Phi) is 5.78. The molecule has 1 aliphatic rings. The van der Waals surface area contributed by atoms with E-state index in [4.69, 9.17) is 14.9 Å². The van der Waals surface area contributed by atoms with Gasteiger partial charge in [0.2, 0.25) is 0 Å². The molecule has 0 aromatic heterocycles. The molecule has 1 rings (SSSR count). The van der Waals surface area contributed by atoms with Crippen molar-refractivity contribution < 1.29 is 37.7 Å². The molecule has 7 nitrogen and oxygen atoms in total. The van der Waals surface area contributed by atoms with Gasteiger partial charge in [-0.15, -0.1) is 0 Å². The molecule has 0 saturated carbocycles. The highest BCUT2D eigenvalue weighted by Gasteiger charge is 2.41. The summed E-state index contributed by atoms with van der Waals surface area (Å²) >= 11 is 0. The number of hydrogen-bond acceptors (Lipinski definition) is 4. The standard InChI is InChI=1S/C11H17F3N2O5/c1-15(8-5-21-4-7(8)9(18)19)10(20)16(2-3-17)6-11(12,13)14/h7-8,17H,2-6H2,1H3,(H,18,19). The fourth-order valence-electron chi connectivity index (χ4n) is 2.10. The predicted molar refractivity (Wildman–Crippen MR) is 63.6 cm³/mol. The van der Waals surface area contributed by atoms with E-state index in [9.17, 15) is 22.8 Å². The number of carboxylic acid groups (broad SMARTS) is 1. The van der Waals surface area contributed by atoms with E-state index >= 15 is 0 Å². The Morgan fingerprint density at radius 3 is 2.43 bits per heavy atom. The summed E-state index contributed by atoms with van der Waals surface area (Å²) < 4.78 is 42.2. The predicted octanol–water partition coefficient (Wildman–Crippen LogP) is -0.00560. The molecule has 10 heteroatoms. The second kappa shape index (κ2) is 6.94. The first kappa shape index (κ1) is 17.5.